The van der Waals surface area contributed by atoms with Gasteiger partial charge in [-0.3, -0.25) is 24.9 Å². The van der Waals surface area contributed by atoms with E-state index in [4.69, 9.17) is 10.00 Å². The Morgan fingerprint density at radius 1 is 1.09 bits per heavy atom. The fourth-order valence-corrected chi connectivity index (χ4v) is 6.06. The van der Waals surface area contributed by atoms with Crippen molar-refractivity contribution in [2.45, 2.75) is 24.8 Å². The molecular formula is C30H29F3N8O3. The Hall–Kier alpha value is -4.74. The van der Waals surface area contributed by atoms with Crippen LogP contribution in [0.3, 0.4) is 0 Å². The van der Waals surface area contributed by atoms with Crippen LogP contribution >= 0.6 is 0 Å². The summed E-state index contributed by atoms with van der Waals surface area (Å²) in [6.07, 6.45) is -0.281. The van der Waals surface area contributed by atoms with E-state index in [1.54, 1.807) is 28.0 Å². The van der Waals surface area contributed by atoms with E-state index in [0.29, 0.717) is 43.1 Å². The van der Waals surface area contributed by atoms with E-state index in [0.717, 1.165) is 16.9 Å². The van der Waals surface area contributed by atoms with Gasteiger partial charge in [0, 0.05) is 57.7 Å². The van der Waals surface area contributed by atoms with Crippen LogP contribution < -0.4 is 20.5 Å². The van der Waals surface area contributed by atoms with Crippen molar-refractivity contribution in [2.24, 2.45) is 5.92 Å². The van der Waals surface area contributed by atoms with Gasteiger partial charge in [0.2, 0.25) is 5.91 Å². The molecule has 14 heteroatoms. The van der Waals surface area contributed by atoms with Crippen LogP contribution in [0.4, 0.5) is 19.0 Å². The van der Waals surface area contributed by atoms with Crippen LogP contribution in [0, 0.1) is 17.2 Å². The summed E-state index contributed by atoms with van der Waals surface area (Å²) >= 11 is 0. The van der Waals surface area contributed by atoms with Gasteiger partial charge in [-0.05, 0) is 29.3 Å². The van der Waals surface area contributed by atoms with Crippen molar-refractivity contribution >= 4 is 17.6 Å². The lowest BCUT2D eigenvalue weighted by molar-refractivity contribution is -0.202. The second-order valence-electron chi connectivity index (χ2n) is 10.9. The van der Waals surface area contributed by atoms with E-state index in [1.807, 2.05) is 35.2 Å². The number of nitrogens with zero attached hydrogens (tertiary/aromatic N) is 6. The second-order valence-corrected chi connectivity index (χ2v) is 10.9. The van der Waals surface area contributed by atoms with Crippen LogP contribution in [0.5, 0.6) is 5.75 Å². The predicted octanol–water partition coefficient (Wildman–Crippen LogP) is 2.43. The smallest absolute Gasteiger partial charge is 0.402 e. The average Bonchev–Trinajstić information content (AvgIpc) is 3.41. The molecule has 2 aromatic heterocycles. The number of ether oxygens (including phenoxy) is 1. The molecule has 3 aliphatic rings. The van der Waals surface area contributed by atoms with Gasteiger partial charge in [0.1, 0.15) is 24.2 Å². The molecule has 0 saturated carbocycles. The molecule has 6 rings (SSSR count). The number of amides is 2. The third kappa shape index (κ3) is 5.88. The predicted molar refractivity (Wildman–Crippen MR) is 151 cm³/mol. The van der Waals surface area contributed by atoms with E-state index in [-0.39, 0.29) is 25.6 Å². The zero-order valence-electron chi connectivity index (χ0n) is 23.5. The number of aromatic nitrogens is 2. The quantitative estimate of drug-likeness (QED) is 0.435. The Balaban J connectivity index is 1.13. The van der Waals surface area contributed by atoms with Gasteiger partial charge < -0.3 is 14.5 Å². The van der Waals surface area contributed by atoms with Gasteiger partial charge in [-0.1, -0.05) is 24.3 Å². The minimum atomic E-state index is -4.72. The monoisotopic (exact) mass is 606 g/mol. The molecule has 3 aliphatic heterocycles. The summed E-state index contributed by atoms with van der Waals surface area (Å²) < 4.78 is 48.1. The van der Waals surface area contributed by atoms with Gasteiger partial charge in [0.05, 0.1) is 23.4 Å². The summed E-state index contributed by atoms with van der Waals surface area (Å²) in [6, 6.07) is 12.8. The lowest BCUT2D eigenvalue weighted by Crippen LogP contribution is -2.64. The van der Waals surface area contributed by atoms with E-state index in [2.05, 4.69) is 20.8 Å². The molecule has 2 unspecified atom stereocenters. The largest absolute Gasteiger partial charge is 0.490 e. The van der Waals surface area contributed by atoms with Gasteiger partial charge in [-0.2, -0.15) is 18.4 Å². The van der Waals surface area contributed by atoms with Crippen molar-refractivity contribution in [1.29, 1.82) is 5.26 Å². The van der Waals surface area contributed by atoms with Crippen molar-refractivity contribution in [1.82, 2.24) is 30.6 Å². The SMILES string of the molecule is N#Cc1ccc(N2CCN(C(=O)c3cncc(OC[C@@H]4c5ccccc5CN4C4CNNC(=O)C4C(F)(F)F)c3)CC2)nc1. The summed E-state index contributed by atoms with van der Waals surface area (Å²) in [5, 5.41) is 8.98. The number of carbonyl (C=O) groups is 2. The number of hydrogen-bond acceptors (Lipinski definition) is 9. The van der Waals surface area contributed by atoms with Gasteiger partial charge in [-0.15, -0.1) is 0 Å². The number of nitriles is 1. The number of hydrogen-bond donors (Lipinski definition) is 2. The molecule has 3 aromatic rings. The highest BCUT2D eigenvalue weighted by Gasteiger charge is 2.55. The minimum Gasteiger partial charge on any atom is -0.490 e. The highest BCUT2D eigenvalue weighted by molar-refractivity contribution is 5.94. The third-order valence-electron chi connectivity index (χ3n) is 8.27. The molecule has 3 atom stereocenters. The topological polar surface area (TPSA) is 127 Å². The van der Waals surface area contributed by atoms with Crippen molar-refractivity contribution in [2.75, 3.05) is 44.2 Å². The Kier molecular flexibility index (Phi) is 8.07. The Bertz CT molecular complexity index is 1570. The van der Waals surface area contributed by atoms with Gasteiger partial charge in [0.15, 0.2) is 5.92 Å². The van der Waals surface area contributed by atoms with Crippen LogP contribution in [0.1, 0.15) is 33.1 Å². The number of alkyl halides is 3. The normalized spacial score (nSPS) is 22.2. The molecule has 11 nitrogen and oxygen atoms in total. The molecule has 228 valence electrons. The number of carbonyl (C=O) groups excluding carboxylic acids is 2. The van der Waals surface area contributed by atoms with Gasteiger partial charge in [0.25, 0.3) is 5.91 Å². The summed E-state index contributed by atoms with van der Waals surface area (Å²) in [4.78, 5) is 39.6. The van der Waals surface area contributed by atoms with Crippen LogP contribution in [0.25, 0.3) is 0 Å². The number of nitrogens with one attached hydrogen (secondary N) is 2. The summed E-state index contributed by atoms with van der Waals surface area (Å²) in [5.74, 6) is -2.48. The molecule has 2 amide bonds. The van der Waals surface area contributed by atoms with E-state index < -0.39 is 30.1 Å². The van der Waals surface area contributed by atoms with Crippen molar-refractivity contribution in [3.8, 4) is 11.8 Å². The number of pyridine rings is 2. The number of benzene rings is 1. The van der Waals surface area contributed by atoms with Crippen LogP contribution in [-0.4, -0.2) is 83.1 Å². The number of piperazine rings is 1. The Morgan fingerprint density at radius 3 is 2.61 bits per heavy atom. The number of rotatable bonds is 6. The van der Waals surface area contributed by atoms with E-state index in [9.17, 15) is 22.8 Å². The zero-order chi connectivity index (χ0) is 30.8. The minimum absolute atomic E-state index is 0.00466. The number of hydrazine groups is 1. The molecule has 5 heterocycles. The maximum absolute atomic E-state index is 14.0. The maximum Gasteiger partial charge on any atom is 0.402 e. The molecule has 2 N–H and O–H groups in total. The Morgan fingerprint density at radius 2 is 1.89 bits per heavy atom. The third-order valence-corrected chi connectivity index (χ3v) is 8.27. The Labute approximate surface area is 251 Å². The first-order valence-corrected chi connectivity index (χ1v) is 14.1. The molecule has 2 fully saturated rings. The fourth-order valence-electron chi connectivity index (χ4n) is 6.06. The first-order valence-electron chi connectivity index (χ1n) is 14.1. The molecule has 2 saturated heterocycles. The molecule has 0 bridgehead atoms. The molecule has 0 aliphatic carbocycles. The van der Waals surface area contributed by atoms with Gasteiger partial charge in [-0.25, -0.2) is 10.4 Å². The van der Waals surface area contributed by atoms with Crippen molar-refractivity contribution < 1.29 is 27.5 Å². The fraction of sp³-hybridized carbons (Fsp3) is 0.367. The van der Waals surface area contributed by atoms with E-state index >= 15 is 0 Å². The molecule has 44 heavy (non-hydrogen) atoms. The number of anilines is 1. The lowest BCUT2D eigenvalue weighted by atomic mass is 9.94. The first-order chi connectivity index (χ1) is 21.2. The van der Waals surface area contributed by atoms with E-state index in [1.165, 1.54) is 18.6 Å². The summed E-state index contributed by atoms with van der Waals surface area (Å²) in [5.41, 5.74) is 7.22. The standard InChI is InChI=1S/C30H29F3N8O3/c31-30(32,33)27-24(16-37-38-28(27)42)41-17-20-3-1-2-4-23(20)25(41)18-44-22-11-21(14-35-15-22)29(43)40-9-7-39(8-10-40)26-6-5-19(12-34)13-36-26/h1-6,11,13-15,24-25,27,37H,7-10,16-18H2,(H,38,42)/t24?,25-,27?/m1/s1. The maximum atomic E-state index is 14.0. The highest BCUT2D eigenvalue weighted by atomic mass is 19.4. The van der Waals surface area contributed by atoms with Crippen molar-refractivity contribution in [3.05, 3.63) is 83.3 Å². The van der Waals surface area contributed by atoms with Crippen LogP contribution in [0.15, 0.2) is 61.1 Å². The summed E-state index contributed by atoms with van der Waals surface area (Å²) in [7, 11) is 0. The molecular weight excluding hydrogens is 577 g/mol. The van der Waals surface area contributed by atoms with Crippen LogP contribution in [-0.2, 0) is 11.3 Å². The number of halogens is 3. The highest BCUT2D eigenvalue weighted by Crippen LogP contribution is 2.41. The molecule has 1 aromatic carbocycles. The average molecular weight is 607 g/mol. The summed E-state index contributed by atoms with van der Waals surface area (Å²) in [6.45, 7) is 2.20. The van der Waals surface area contributed by atoms with Gasteiger partial charge >= 0.3 is 6.18 Å². The number of fused-ring (bicyclic) bond motifs is 1. The van der Waals surface area contributed by atoms with Crippen molar-refractivity contribution in [3.63, 3.8) is 0 Å². The first kappa shape index (κ1) is 29.3. The molecule has 0 radical (unpaired) electrons. The zero-order valence-corrected chi connectivity index (χ0v) is 23.5. The van der Waals surface area contributed by atoms with Crippen LogP contribution in [0.2, 0.25) is 0 Å². The second kappa shape index (κ2) is 12.1. The lowest BCUT2D eigenvalue weighted by Gasteiger charge is -2.40. The molecule has 0 spiro atoms.